The lowest BCUT2D eigenvalue weighted by Gasteiger charge is -1.99. The number of pyridine rings is 1. The Balaban J connectivity index is 2.11. The minimum absolute atomic E-state index is 0.124. The second-order valence-corrected chi connectivity index (χ2v) is 3.79. The van der Waals surface area contributed by atoms with Crippen molar-refractivity contribution in [3.8, 4) is 0 Å². The van der Waals surface area contributed by atoms with Gasteiger partial charge in [0.2, 0.25) is 0 Å². The summed E-state index contributed by atoms with van der Waals surface area (Å²) in [6.45, 7) is 0. The highest BCUT2D eigenvalue weighted by atomic mass is 16.1. The average Bonchev–Trinajstić information content (AvgIpc) is 2.46. The van der Waals surface area contributed by atoms with Gasteiger partial charge in [0, 0.05) is 13.2 Å². The maximum atomic E-state index is 11.3. The Morgan fingerprint density at radius 2 is 1.89 bits per heavy atom. The third-order valence-corrected chi connectivity index (χ3v) is 2.52. The molecule has 0 saturated heterocycles. The number of benzene rings is 1. The summed E-state index contributed by atoms with van der Waals surface area (Å²) in [4.78, 5) is 15.6. The molecule has 90 valence electrons. The number of carbonyl (C=O) groups excluding carboxylic acids is 1. The van der Waals surface area contributed by atoms with Gasteiger partial charge in [0.1, 0.15) is 0 Å². The first-order valence-electron chi connectivity index (χ1n) is 5.71. The number of hydrogen-bond acceptors (Lipinski definition) is 2. The van der Waals surface area contributed by atoms with E-state index in [1.165, 1.54) is 0 Å². The van der Waals surface area contributed by atoms with Crippen LogP contribution in [-0.4, -0.2) is 17.9 Å². The number of carbonyl (C=O) groups is 1. The van der Waals surface area contributed by atoms with Crippen LogP contribution in [0, 0.1) is 0 Å². The number of hydrogen-bond donors (Lipinski definition) is 1. The first-order chi connectivity index (χ1) is 8.79. The molecule has 2 rings (SSSR count). The lowest BCUT2D eigenvalue weighted by Crippen LogP contribution is -2.17. The van der Waals surface area contributed by atoms with Crippen LogP contribution in [0.5, 0.6) is 0 Å². The van der Waals surface area contributed by atoms with E-state index < -0.39 is 0 Å². The molecule has 0 aliphatic heterocycles. The van der Waals surface area contributed by atoms with Gasteiger partial charge >= 0.3 is 0 Å². The maximum Gasteiger partial charge on any atom is 0.252 e. The number of rotatable bonds is 3. The molecular weight excluding hydrogens is 224 g/mol. The second kappa shape index (κ2) is 5.77. The fourth-order valence-corrected chi connectivity index (χ4v) is 1.53. The topological polar surface area (TPSA) is 42.0 Å². The van der Waals surface area contributed by atoms with Crippen LogP contribution in [0.25, 0.3) is 12.2 Å². The molecular formula is C15H14N2O. The molecule has 0 saturated carbocycles. The molecule has 1 heterocycles. The van der Waals surface area contributed by atoms with Crippen LogP contribution in [0.2, 0.25) is 0 Å². The van der Waals surface area contributed by atoms with Crippen molar-refractivity contribution in [1.82, 2.24) is 10.3 Å². The van der Waals surface area contributed by atoms with Crippen LogP contribution < -0.4 is 5.32 Å². The van der Waals surface area contributed by atoms with Crippen molar-refractivity contribution in [2.24, 2.45) is 0 Å². The highest BCUT2D eigenvalue weighted by Crippen LogP contribution is 2.07. The van der Waals surface area contributed by atoms with E-state index in [9.17, 15) is 4.79 Å². The van der Waals surface area contributed by atoms with Gasteiger partial charge in [0.15, 0.2) is 0 Å². The Bertz CT molecular complexity index is 544. The van der Waals surface area contributed by atoms with Crippen LogP contribution in [-0.2, 0) is 0 Å². The average molecular weight is 238 g/mol. The zero-order valence-corrected chi connectivity index (χ0v) is 10.1. The Labute approximate surface area is 106 Å². The molecule has 0 atom stereocenters. The third kappa shape index (κ3) is 3.04. The van der Waals surface area contributed by atoms with Gasteiger partial charge in [-0.3, -0.25) is 9.78 Å². The molecule has 3 heteroatoms. The van der Waals surface area contributed by atoms with Gasteiger partial charge < -0.3 is 5.32 Å². The number of aromatic nitrogens is 1. The fraction of sp³-hybridized carbons (Fsp3) is 0.0667. The summed E-state index contributed by atoms with van der Waals surface area (Å²) in [5, 5.41) is 2.56. The zero-order valence-electron chi connectivity index (χ0n) is 10.1. The first kappa shape index (κ1) is 12.0. The molecule has 3 nitrogen and oxygen atoms in total. The predicted octanol–water partition coefficient (Wildman–Crippen LogP) is 2.61. The molecule has 0 radical (unpaired) electrons. The summed E-state index contributed by atoms with van der Waals surface area (Å²) in [6, 6.07) is 13.6. The van der Waals surface area contributed by atoms with Gasteiger partial charge in [0.25, 0.3) is 5.91 Å². The summed E-state index contributed by atoms with van der Waals surface area (Å²) in [6.07, 6.45) is 5.48. The van der Waals surface area contributed by atoms with E-state index >= 15 is 0 Å². The highest BCUT2D eigenvalue weighted by Gasteiger charge is 2.01. The largest absolute Gasteiger partial charge is 0.355 e. The molecule has 0 fully saturated rings. The summed E-state index contributed by atoms with van der Waals surface area (Å²) in [7, 11) is 1.60. The first-order valence-corrected chi connectivity index (χ1v) is 5.71. The summed E-state index contributed by atoms with van der Waals surface area (Å²) >= 11 is 0. The highest BCUT2D eigenvalue weighted by molar-refractivity contribution is 5.93. The minimum atomic E-state index is -0.124. The Morgan fingerprint density at radius 1 is 1.11 bits per heavy atom. The van der Waals surface area contributed by atoms with Crippen molar-refractivity contribution < 1.29 is 4.79 Å². The Hall–Kier alpha value is -2.42. The lowest BCUT2D eigenvalue weighted by molar-refractivity contribution is 0.0962. The molecule has 1 aromatic heterocycles. The summed E-state index contributed by atoms with van der Waals surface area (Å²) in [5.74, 6) is -0.124. The fourth-order valence-electron chi connectivity index (χ4n) is 1.53. The van der Waals surface area contributed by atoms with Crippen molar-refractivity contribution in [3.05, 3.63) is 65.5 Å². The molecule has 0 aliphatic carbocycles. The van der Waals surface area contributed by atoms with Crippen LogP contribution >= 0.6 is 0 Å². The summed E-state index contributed by atoms with van der Waals surface area (Å²) < 4.78 is 0. The Kier molecular flexibility index (Phi) is 3.86. The SMILES string of the molecule is CNC(=O)c1ccc(/C=C/c2ccccc2)nc1. The molecule has 1 aromatic carbocycles. The minimum Gasteiger partial charge on any atom is -0.355 e. The molecule has 1 N–H and O–H groups in total. The summed E-state index contributed by atoms with van der Waals surface area (Å²) in [5.41, 5.74) is 2.51. The maximum absolute atomic E-state index is 11.3. The van der Waals surface area contributed by atoms with E-state index in [1.807, 2.05) is 48.6 Å². The van der Waals surface area contributed by atoms with Gasteiger partial charge in [-0.25, -0.2) is 0 Å². The molecule has 0 spiro atoms. The van der Waals surface area contributed by atoms with Gasteiger partial charge in [-0.05, 0) is 23.8 Å². The van der Waals surface area contributed by atoms with Crippen LogP contribution in [0.3, 0.4) is 0 Å². The van der Waals surface area contributed by atoms with Crippen LogP contribution in [0.4, 0.5) is 0 Å². The zero-order chi connectivity index (χ0) is 12.8. The van der Waals surface area contributed by atoms with Crippen molar-refractivity contribution in [2.45, 2.75) is 0 Å². The smallest absolute Gasteiger partial charge is 0.252 e. The predicted molar refractivity (Wildman–Crippen MR) is 73.0 cm³/mol. The molecule has 2 aromatic rings. The molecule has 0 bridgehead atoms. The van der Waals surface area contributed by atoms with E-state index in [0.717, 1.165) is 11.3 Å². The van der Waals surface area contributed by atoms with Crippen molar-refractivity contribution in [1.29, 1.82) is 0 Å². The Morgan fingerprint density at radius 3 is 2.50 bits per heavy atom. The van der Waals surface area contributed by atoms with Crippen molar-refractivity contribution >= 4 is 18.1 Å². The van der Waals surface area contributed by atoms with E-state index in [2.05, 4.69) is 10.3 Å². The van der Waals surface area contributed by atoms with Gasteiger partial charge in [-0.2, -0.15) is 0 Å². The van der Waals surface area contributed by atoms with Gasteiger partial charge in [-0.15, -0.1) is 0 Å². The van der Waals surface area contributed by atoms with Crippen LogP contribution in [0.1, 0.15) is 21.6 Å². The van der Waals surface area contributed by atoms with Gasteiger partial charge in [-0.1, -0.05) is 36.4 Å². The van der Waals surface area contributed by atoms with Crippen molar-refractivity contribution in [3.63, 3.8) is 0 Å². The van der Waals surface area contributed by atoms with E-state index in [0.29, 0.717) is 5.56 Å². The third-order valence-electron chi connectivity index (χ3n) is 2.52. The van der Waals surface area contributed by atoms with Crippen LogP contribution in [0.15, 0.2) is 48.7 Å². The standard InChI is InChI=1S/C15H14N2O/c1-16-15(18)13-8-10-14(17-11-13)9-7-12-5-3-2-4-6-12/h2-11H,1H3,(H,16,18)/b9-7+. The number of nitrogens with one attached hydrogen (secondary N) is 1. The monoisotopic (exact) mass is 238 g/mol. The quantitative estimate of drug-likeness (QED) is 0.893. The molecule has 1 amide bonds. The van der Waals surface area contributed by atoms with Crippen molar-refractivity contribution in [2.75, 3.05) is 7.05 Å². The van der Waals surface area contributed by atoms with Gasteiger partial charge in [0.05, 0.1) is 11.3 Å². The normalized spacial score (nSPS) is 10.5. The van der Waals surface area contributed by atoms with E-state index in [1.54, 1.807) is 19.3 Å². The van der Waals surface area contributed by atoms with E-state index in [4.69, 9.17) is 0 Å². The second-order valence-electron chi connectivity index (χ2n) is 3.79. The number of nitrogens with zero attached hydrogens (tertiary/aromatic N) is 1. The molecule has 18 heavy (non-hydrogen) atoms. The molecule has 0 unspecified atom stereocenters. The number of amides is 1. The lowest BCUT2D eigenvalue weighted by atomic mass is 10.2. The van der Waals surface area contributed by atoms with E-state index in [-0.39, 0.29) is 5.91 Å². The molecule has 0 aliphatic rings.